The van der Waals surface area contributed by atoms with Gasteiger partial charge in [0.2, 0.25) is 0 Å². The molecule has 142 valence electrons. The van der Waals surface area contributed by atoms with Gasteiger partial charge in [0.15, 0.2) is 18.3 Å². The molecule has 0 aliphatic heterocycles. The average Bonchev–Trinajstić information content (AvgIpc) is 3.44. The SMILES string of the molecule is O=C(O)COc1cccc(C(=O)Nc2ccc(-c3cnc(C4CC4)o3)cc2)c1. The van der Waals surface area contributed by atoms with Crippen LogP contribution in [0.3, 0.4) is 0 Å². The lowest BCUT2D eigenvalue weighted by Crippen LogP contribution is -2.13. The summed E-state index contributed by atoms with van der Waals surface area (Å²) in [6.07, 6.45) is 3.99. The molecule has 0 saturated heterocycles. The average molecular weight is 378 g/mol. The second kappa shape index (κ2) is 7.56. The van der Waals surface area contributed by atoms with Crippen molar-refractivity contribution >= 4 is 17.6 Å². The minimum absolute atomic E-state index is 0.316. The number of carboxylic acids is 1. The Morgan fingerprint density at radius 2 is 1.96 bits per heavy atom. The highest BCUT2D eigenvalue weighted by Gasteiger charge is 2.28. The molecule has 7 nitrogen and oxygen atoms in total. The predicted octanol–water partition coefficient (Wildman–Crippen LogP) is 3.93. The summed E-state index contributed by atoms with van der Waals surface area (Å²) in [7, 11) is 0. The van der Waals surface area contributed by atoms with E-state index in [1.54, 1.807) is 36.5 Å². The maximum absolute atomic E-state index is 12.4. The van der Waals surface area contributed by atoms with Gasteiger partial charge in [-0.15, -0.1) is 0 Å². The van der Waals surface area contributed by atoms with Crippen molar-refractivity contribution in [1.29, 1.82) is 0 Å². The van der Waals surface area contributed by atoms with Crippen molar-refractivity contribution in [2.75, 3.05) is 11.9 Å². The standard InChI is InChI=1S/C21H18N2O5/c24-19(25)12-27-17-3-1-2-15(10-17)20(26)23-16-8-6-13(7-9-16)18-11-22-21(28-18)14-4-5-14/h1-3,6-11,14H,4-5,12H2,(H,23,26)(H,24,25). The van der Waals surface area contributed by atoms with Crippen LogP contribution >= 0.6 is 0 Å². The van der Waals surface area contributed by atoms with Crippen LogP contribution in [0.2, 0.25) is 0 Å². The van der Waals surface area contributed by atoms with E-state index in [1.807, 2.05) is 12.1 Å². The fourth-order valence-corrected chi connectivity index (χ4v) is 2.73. The molecule has 4 rings (SSSR count). The van der Waals surface area contributed by atoms with Crippen molar-refractivity contribution in [3.05, 3.63) is 66.2 Å². The van der Waals surface area contributed by atoms with Crippen molar-refractivity contribution in [2.24, 2.45) is 0 Å². The Hall–Kier alpha value is -3.61. The zero-order valence-electron chi connectivity index (χ0n) is 14.9. The maximum Gasteiger partial charge on any atom is 0.341 e. The van der Waals surface area contributed by atoms with Crippen LogP contribution in [0.25, 0.3) is 11.3 Å². The van der Waals surface area contributed by atoms with E-state index >= 15 is 0 Å². The molecule has 3 aromatic rings. The third-order valence-corrected chi connectivity index (χ3v) is 4.34. The topological polar surface area (TPSA) is 102 Å². The number of benzene rings is 2. The number of carboxylic acid groups (broad SMARTS) is 1. The van der Waals surface area contributed by atoms with Crippen molar-refractivity contribution < 1.29 is 23.8 Å². The van der Waals surface area contributed by atoms with Gasteiger partial charge in [-0.3, -0.25) is 4.79 Å². The lowest BCUT2D eigenvalue weighted by atomic mass is 10.1. The van der Waals surface area contributed by atoms with Crippen LogP contribution in [0, 0.1) is 0 Å². The predicted molar refractivity (Wildman–Crippen MR) is 101 cm³/mol. The molecule has 1 aromatic heterocycles. The van der Waals surface area contributed by atoms with Gasteiger partial charge in [-0.25, -0.2) is 9.78 Å². The number of nitrogens with one attached hydrogen (secondary N) is 1. The summed E-state index contributed by atoms with van der Waals surface area (Å²) in [6.45, 7) is -0.462. The lowest BCUT2D eigenvalue weighted by molar-refractivity contribution is -0.139. The molecular weight excluding hydrogens is 360 g/mol. The summed E-state index contributed by atoms with van der Waals surface area (Å²) in [6, 6.07) is 13.7. The molecule has 1 aliphatic rings. The van der Waals surface area contributed by atoms with E-state index in [4.69, 9.17) is 14.3 Å². The van der Waals surface area contributed by atoms with Gasteiger partial charge >= 0.3 is 5.97 Å². The van der Waals surface area contributed by atoms with E-state index < -0.39 is 12.6 Å². The normalized spacial score (nSPS) is 13.1. The molecule has 2 N–H and O–H groups in total. The highest BCUT2D eigenvalue weighted by Crippen LogP contribution is 2.40. The van der Waals surface area contributed by atoms with Crippen LogP contribution in [0.5, 0.6) is 5.75 Å². The Morgan fingerprint density at radius 1 is 1.18 bits per heavy atom. The molecular formula is C21H18N2O5. The second-order valence-electron chi connectivity index (χ2n) is 6.58. The van der Waals surface area contributed by atoms with Gasteiger partial charge in [0.1, 0.15) is 5.75 Å². The van der Waals surface area contributed by atoms with Gasteiger partial charge < -0.3 is 19.6 Å². The summed E-state index contributed by atoms with van der Waals surface area (Å²) < 4.78 is 10.9. The summed E-state index contributed by atoms with van der Waals surface area (Å²) in [5, 5.41) is 11.5. The first-order valence-corrected chi connectivity index (χ1v) is 8.90. The Bertz CT molecular complexity index is 1010. The molecule has 1 amide bonds. The maximum atomic E-state index is 12.4. The summed E-state index contributed by atoms with van der Waals surface area (Å²) in [5.41, 5.74) is 1.89. The van der Waals surface area contributed by atoms with Gasteiger partial charge in [-0.1, -0.05) is 6.07 Å². The van der Waals surface area contributed by atoms with Crippen molar-refractivity contribution in [3.8, 4) is 17.1 Å². The van der Waals surface area contributed by atoms with Crippen molar-refractivity contribution in [3.63, 3.8) is 0 Å². The van der Waals surface area contributed by atoms with E-state index in [9.17, 15) is 9.59 Å². The molecule has 28 heavy (non-hydrogen) atoms. The number of oxazole rings is 1. The monoisotopic (exact) mass is 378 g/mol. The zero-order valence-corrected chi connectivity index (χ0v) is 14.9. The Kier molecular flexibility index (Phi) is 4.80. The van der Waals surface area contributed by atoms with Crippen LogP contribution in [0.1, 0.15) is 35.0 Å². The van der Waals surface area contributed by atoms with E-state index in [0.29, 0.717) is 28.7 Å². The van der Waals surface area contributed by atoms with Crippen molar-refractivity contribution in [2.45, 2.75) is 18.8 Å². The Labute approximate surface area is 161 Å². The number of hydrogen-bond acceptors (Lipinski definition) is 5. The van der Waals surface area contributed by atoms with Gasteiger partial charge in [0, 0.05) is 22.7 Å². The number of aliphatic carboxylic acids is 1. The van der Waals surface area contributed by atoms with Gasteiger partial charge in [-0.05, 0) is 55.3 Å². The Morgan fingerprint density at radius 3 is 2.68 bits per heavy atom. The molecule has 7 heteroatoms. The first kappa shape index (κ1) is 17.8. The second-order valence-corrected chi connectivity index (χ2v) is 6.58. The summed E-state index contributed by atoms with van der Waals surface area (Å²) in [5.74, 6) is 0.889. The number of rotatable bonds is 7. The summed E-state index contributed by atoms with van der Waals surface area (Å²) in [4.78, 5) is 27.3. The van der Waals surface area contributed by atoms with E-state index in [1.165, 1.54) is 6.07 Å². The first-order valence-electron chi connectivity index (χ1n) is 8.90. The van der Waals surface area contributed by atoms with Crippen LogP contribution in [-0.4, -0.2) is 28.6 Å². The number of carbonyl (C=O) groups excluding carboxylic acids is 1. The quantitative estimate of drug-likeness (QED) is 0.646. The van der Waals surface area contributed by atoms with Crippen molar-refractivity contribution in [1.82, 2.24) is 4.98 Å². The fraction of sp³-hybridized carbons (Fsp3) is 0.190. The Balaban J connectivity index is 1.41. The largest absolute Gasteiger partial charge is 0.482 e. The molecule has 0 unspecified atom stereocenters. The zero-order chi connectivity index (χ0) is 19.5. The number of nitrogens with zero attached hydrogens (tertiary/aromatic N) is 1. The number of anilines is 1. The molecule has 1 heterocycles. The van der Waals surface area contributed by atoms with Gasteiger partial charge in [0.05, 0.1) is 6.20 Å². The highest BCUT2D eigenvalue weighted by atomic mass is 16.5. The molecule has 2 aromatic carbocycles. The van der Waals surface area contributed by atoms with Gasteiger partial charge in [-0.2, -0.15) is 0 Å². The van der Waals surface area contributed by atoms with E-state index in [0.717, 1.165) is 24.3 Å². The third kappa shape index (κ3) is 4.20. The molecule has 1 aliphatic carbocycles. The number of hydrogen-bond donors (Lipinski definition) is 2. The first-order chi connectivity index (χ1) is 13.6. The molecule has 0 spiro atoms. The third-order valence-electron chi connectivity index (χ3n) is 4.34. The smallest absolute Gasteiger partial charge is 0.341 e. The summed E-state index contributed by atoms with van der Waals surface area (Å²) >= 11 is 0. The molecule has 0 atom stereocenters. The number of carbonyl (C=O) groups is 2. The molecule has 0 bridgehead atoms. The molecule has 1 fully saturated rings. The van der Waals surface area contributed by atoms with E-state index in [2.05, 4.69) is 10.3 Å². The minimum atomic E-state index is -1.08. The highest BCUT2D eigenvalue weighted by molar-refractivity contribution is 6.04. The lowest BCUT2D eigenvalue weighted by Gasteiger charge is -2.08. The van der Waals surface area contributed by atoms with Crippen LogP contribution in [-0.2, 0) is 4.79 Å². The minimum Gasteiger partial charge on any atom is -0.482 e. The van der Waals surface area contributed by atoms with E-state index in [-0.39, 0.29) is 5.91 Å². The van der Waals surface area contributed by atoms with Crippen LogP contribution in [0.15, 0.2) is 59.1 Å². The molecule has 1 saturated carbocycles. The fourth-order valence-electron chi connectivity index (χ4n) is 2.73. The number of ether oxygens (including phenoxy) is 1. The number of aromatic nitrogens is 1. The molecule has 0 radical (unpaired) electrons. The van der Waals surface area contributed by atoms with Crippen LogP contribution in [0.4, 0.5) is 5.69 Å². The number of amides is 1. The van der Waals surface area contributed by atoms with Gasteiger partial charge in [0.25, 0.3) is 5.91 Å². The van der Waals surface area contributed by atoms with Crippen LogP contribution < -0.4 is 10.1 Å².